The first-order chi connectivity index (χ1) is 7.42. The zero-order chi connectivity index (χ0) is 10.5. The molecule has 0 saturated heterocycles. The highest BCUT2D eigenvalue weighted by molar-refractivity contribution is 5.27. The van der Waals surface area contributed by atoms with Crippen molar-refractivity contribution in [2.75, 3.05) is 25.1 Å². The Kier molecular flexibility index (Phi) is 3.61. The molecule has 4 nitrogen and oxygen atoms in total. The van der Waals surface area contributed by atoms with Crippen LogP contribution in [0.5, 0.6) is 0 Å². The van der Waals surface area contributed by atoms with Crippen LogP contribution in [0.3, 0.4) is 0 Å². The Morgan fingerprint density at radius 1 is 1.60 bits per heavy atom. The molecule has 0 radical (unpaired) electrons. The summed E-state index contributed by atoms with van der Waals surface area (Å²) in [5, 5.41) is 3.35. The molecule has 1 aromatic heterocycles. The zero-order valence-corrected chi connectivity index (χ0v) is 9.28. The van der Waals surface area contributed by atoms with E-state index < -0.39 is 0 Å². The highest BCUT2D eigenvalue weighted by Crippen LogP contribution is 2.36. The molecular weight excluding hydrogens is 190 g/mol. The lowest BCUT2D eigenvalue weighted by Gasteiger charge is -2.08. The van der Waals surface area contributed by atoms with Gasteiger partial charge in [0.05, 0.1) is 0 Å². The van der Waals surface area contributed by atoms with Crippen LogP contribution in [0.1, 0.15) is 32.2 Å². The average Bonchev–Trinajstić information content (AvgIpc) is 2.99. The number of nitrogens with one attached hydrogen (secondary N) is 1. The average molecular weight is 209 g/mol. The number of hydrogen-bond donors (Lipinski definition) is 1. The smallest absolute Gasteiger partial charge is 0.203 e. The number of aromatic nitrogens is 2. The van der Waals surface area contributed by atoms with Crippen LogP contribution in [0.2, 0.25) is 0 Å². The molecule has 0 bridgehead atoms. The molecule has 0 aliphatic heterocycles. The standard InChI is InChI=1S/C11H19N3O/c1-2-15-9-3-6-12-11-13-7-8-14(11)10-4-5-10/h7-8,10H,2-6,9H2,1H3,(H,12,13). The van der Waals surface area contributed by atoms with Crippen molar-refractivity contribution in [2.45, 2.75) is 32.2 Å². The molecule has 1 N–H and O–H groups in total. The van der Waals surface area contributed by atoms with Gasteiger partial charge in [0.15, 0.2) is 0 Å². The molecule has 1 saturated carbocycles. The Morgan fingerprint density at radius 3 is 3.20 bits per heavy atom. The largest absolute Gasteiger partial charge is 0.382 e. The lowest BCUT2D eigenvalue weighted by molar-refractivity contribution is 0.147. The van der Waals surface area contributed by atoms with E-state index in [4.69, 9.17) is 4.74 Å². The van der Waals surface area contributed by atoms with Gasteiger partial charge >= 0.3 is 0 Å². The SMILES string of the molecule is CCOCCCNc1nccn1C1CC1. The van der Waals surface area contributed by atoms with Gasteiger partial charge < -0.3 is 14.6 Å². The number of imidazole rings is 1. The molecule has 0 unspecified atom stereocenters. The van der Waals surface area contributed by atoms with Crippen LogP contribution in [-0.2, 0) is 4.74 Å². The lowest BCUT2D eigenvalue weighted by Crippen LogP contribution is -2.10. The third-order valence-electron chi connectivity index (χ3n) is 2.56. The number of nitrogens with zero attached hydrogens (tertiary/aromatic N) is 2. The van der Waals surface area contributed by atoms with Crippen LogP contribution in [0.15, 0.2) is 12.4 Å². The summed E-state index contributed by atoms with van der Waals surface area (Å²) >= 11 is 0. The summed E-state index contributed by atoms with van der Waals surface area (Å²) < 4.78 is 7.51. The van der Waals surface area contributed by atoms with E-state index in [1.54, 1.807) is 0 Å². The third kappa shape index (κ3) is 2.96. The molecule has 1 aliphatic rings. The summed E-state index contributed by atoms with van der Waals surface area (Å²) in [4.78, 5) is 4.31. The zero-order valence-electron chi connectivity index (χ0n) is 9.28. The van der Waals surface area contributed by atoms with Gasteiger partial charge in [-0.3, -0.25) is 0 Å². The summed E-state index contributed by atoms with van der Waals surface area (Å²) in [5.74, 6) is 1.01. The van der Waals surface area contributed by atoms with Crippen LogP contribution in [-0.4, -0.2) is 29.3 Å². The van der Waals surface area contributed by atoms with E-state index in [0.717, 1.165) is 32.1 Å². The van der Waals surface area contributed by atoms with Crippen LogP contribution in [0.4, 0.5) is 5.95 Å². The Labute approximate surface area is 90.6 Å². The van der Waals surface area contributed by atoms with Crippen molar-refractivity contribution < 1.29 is 4.74 Å². The second-order valence-electron chi connectivity index (χ2n) is 3.87. The highest BCUT2D eigenvalue weighted by Gasteiger charge is 2.25. The summed E-state index contributed by atoms with van der Waals surface area (Å²) in [6.07, 6.45) is 7.55. The van der Waals surface area contributed by atoms with E-state index in [1.807, 2.05) is 13.1 Å². The fourth-order valence-corrected chi connectivity index (χ4v) is 1.62. The second-order valence-corrected chi connectivity index (χ2v) is 3.87. The quantitative estimate of drug-likeness (QED) is 0.699. The molecule has 15 heavy (non-hydrogen) atoms. The topological polar surface area (TPSA) is 39.1 Å². The molecule has 84 valence electrons. The van der Waals surface area contributed by atoms with E-state index in [0.29, 0.717) is 6.04 Å². The molecule has 0 aromatic carbocycles. The van der Waals surface area contributed by atoms with Crippen molar-refractivity contribution in [3.05, 3.63) is 12.4 Å². The maximum atomic E-state index is 5.28. The van der Waals surface area contributed by atoms with Crippen molar-refractivity contribution in [2.24, 2.45) is 0 Å². The van der Waals surface area contributed by atoms with Crippen molar-refractivity contribution >= 4 is 5.95 Å². The van der Waals surface area contributed by atoms with Gasteiger partial charge in [0.2, 0.25) is 5.95 Å². The highest BCUT2D eigenvalue weighted by atomic mass is 16.5. The fraction of sp³-hybridized carbons (Fsp3) is 0.727. The minimum absolute atomic E-state index is 0.696. The molecule has 0 atom stereocenters. The number of hydrogen-bond acceptors (Lipinski definition) is 3. The number of anilines is 1. The monoisotopic (exact) mass is 209 g/mol. The number of rotatable bonds is 7. The van der Waals surface area contributed by atoms with Gasteiger partial charge in [-0.2, -0.15) is 0 Å². The predicted octanol–water partition coefficient (Wildman–Crippen LogP) is 2.06. The van der Waals surface area contributed by atoms with E-state index >= 15 is 0 Å². The molecular formula is C11H19N3O. The fourth-order valence-electron chi connectivity index (χ4n) is 1.62. The van der Waals surface area contributed by atoms with Crippen molar-refractivity contribution in [1.82, 2.24) is 9.55 Å². The minimum Gasteiger partial charge on any atom is -0.382 e. The van der Waals surface area contributed by atoms with E-state index in [9.17, 15) is 0 Å². The molecule has 0 spiro atoms. The summed E-state index contributed by atoms with van der Waals surface area (Å²) in [7, 11) is 0. The normalized spacial score (nSPS) is 15.5. The van der Waals surface area contributed by atoms with E-state index in [-0.39, 0.29) is 0 Å². The summed E-state index contributed by atoms with van der Waals surface area (Å²) in [6.45, 7) is 4.58. The van der Waals surface area contributed by atoms with Crippen LogP contribution < -0.4 is 5.32 Å². The molecule has 1 aliphatic carbocycles. The Bertz CT molecular complexity index is 294. The van der Waals surface area contributed by atoms with E-state index in [2.05, 4.69) is 21.1 Å². The first-order valence-corrected chi connectivity index (χ1v) is 5.76. The summed E-state index contributed by atoms with van der Waals surface area (Å²) in [6, 6.07) is 0.696. The molecule has 1 heterocycles. The van der Waals surface area contributed by atoms with Crippen LogP contribution in [0, 0.1) is 0 Å². The van der Waals surface area contributed by atoms with Gasteiger partial charge in [0.25, 0.3) is 0 Å². The van der Waals surface area contributed by atoms with Crippen molar-refractivity contribution in [3.63, 3.8) is 0 Å². The molecule has 0 amide bonds. The predicted molar refractivity (Wildman–Crippen MR) is 60.1 cm³/mol. The molecule has 1 fully saturated rings. The first kappa shape index (κ1) is 10.5. The third-order valence-corrected chi connectivity index (χ3v) is 2.56. The number of ether oxygens (including phenoxy) is 1. The van der Waals surface area contributed by atoms with Gasteiger partial charge in [-0.1, -0.05) is 0 Å². The van der Waals surface area contributed by atoms with Crippen molar-refractivity contribution in [3.8, 4) is 0 Å². The Hall–Kier alpha value is -1.03. The van der Waals surface area contributed by atoms with E-state index in [1.165, 1.54) is 12.8 Å². The van der Waals surface area contributed by atoms with Gasteiger partial charge in [-0.25, -0.2) is 4.98 Å². The minimum atomic E-state index is 0.696. The van der Waals surface area contributed by atoms with Crippen LogP contribution in [0.25, 0.3) is 0 Å². The molecule has 1 aromatic rings. The summed E-state index contributed by atoms with van der Waals surface area (Å²) in [5.41, 5.74) is 0. The first-order valence-electron chi connectivity index (χ1n) is 5.76. The maximum absolute atomic E-state index is 5.28. The van der Waals surface area contributed by atoms with Gasteiger partial charge in [-0.05, 0) is 26.2 Å². The Balaban J connectivity index is 1.70. The maximum Gasteiger partial charge on any atom is 0.203 e. The van der Waals surface area contributed by atoms with Crippen molar-refractivity contribution in [1.29, 1.82) is 0 Å². The Morgan fingerprint density at radius 2 is 2.47 bits per heavy atom. The lowest BCUT2D eigenvalue weighted by atomic mass is 10.4. The van der Waals surface area contributed by atoms with Gasteiger partial charge in [0.1, 0.15) is 0 Å². The van der Waals surface area contributed by atoms with Gasteiger partial charge in [0, 0.05) is 38.2 Å². The molecule has 4 heteroatoms. The van der Waals surface area contributed by atoms with Gasteiger partial charge in [-0.15, -0.1) is 0 Å². The van der Waals surface area contributed by atoms with Crippen LogP contribution >= 0.6 is 0 Å². The second kappa shape index (κ2) is 5.16. The molecule has 2 rings (SSSR count).